The number of H-pyrrole nitrogens is 1. The van der Waals surface area contributed by atoms with Crippen molar-refractivity contribution in [2.24, 2.45) is 0 Å². The number of tetrazole rings is 1. The number of imidazole rings is 1. The SMILES string of the molecule is O=C1C=C(c2c(-n3cnnn3)ccc(Cl)c2F)C[C@H]2CC[C@@H](c3ncc(-c4cc(F)ncc4Cl)[nH]3)N12. The highest BCUT2D eigenvalue weighted by Gasteiger charge is 2.42. The number of fused-ring (bicyclic) bond motifs is 1. The van der Waals surface area contributed by atoms with Crippen LogP contribution in [-0.2, 0) is 4.79 Å². The Hall–Kier alpha value is -3.70. The van der Waals surface area contributed by atoms with E-state index >= 15 is 4.39 Å². The molecule has 0 radical (unpaired) electrons. The Morgan fingerprint density at radius 1 is 1.08 bits per heavy atom. The number of hydrogen-bond acceptors (Lipinski definition) is 6. The number of carbonyl (C=O) groups is 1. The van der Waals surface area contributed by atoms with Crippen molar-refractivity contribution >= 4 is 34.7 Å². The number of amides is 1. The normalized spacial score (nSPS) is 19.5. The van der Waals surface area contributed by atoms with Gasteiger partial charge in [-0.15, -0.1) is 5.10 Å². The molecule has 13 heteroatoms. The molecule has 5 heterocycles. The molecule has 0 aliphatic carbocycles. The van der Waals surface area contributed by atoms with Crippen molar-refractivity contribution in [1.29, 1.82) is 0 Å². The van der Waals surface area contributed by atoms with Crippen molar-refractivity contribution < 1.29 is 13.6 Å². The maximum absolute atomic E-state index is 15.2. The molecule has 2 aliphatic heterocycles. The maximum atomic E-state index is 15.2. The second-order valence-electron chi connectivity index (χ2n) is 8.55. The summed E-state index contributed by atoms with van der Waals surface area (Å²) in [7, 11) is 0. The summed E-state index contributed by atoms with van der Waals surface area (Å²) in [5.74, 6) is -1.00. The fourth-order valence-electron chi connectivity index (χ4n) is 4.97. The van der Waals surface area contributed by atoms with Gasteiger partial charge in [0, 0.05) is 35.5 Å². The summed E-state index contributed by atoms with van der Waals surface area (Å²) < 4.78 is 30.2. The van der Waals surface area contributed by atoms with E-state index < -0.39 is 11.8 Å². The molecule has 0 saturated carbocycles. The van der Waals surface area contributed by atoms with Gasteiger partial charge in [0.15, 0.2) is 5.82 Å². The zero-order valence-corrected chi connectivity index (χ0v) is 19.9. The Morgan fingerprint density at radius 3 is 2.75 bits per heavy atom. The van der Waals surface area contributed by atoms with Gasteiger partial charge >= 0.3 is 0 Å². The molecule has 2 aliphatic rings. The minimum atomic E-state index is -0.662. The third-order valence-corrected chi connectivity index (χ3v) is 7.12. The van der Waals surface area contributed by atoms with E-state index in [4.69, 9.17) is 23.2 Å². The van der Waals surface area contributed by atoms with Crippen molar-refractivity contribution in [3.05, 3.63) is 76.2 Å². The van der Waals surface area contributed by atoms with Crippen LogP contribution < -0.4 is 0 Å². The van der Waals surface area contributed by atoms with E-state index in [1.54, 1.807) is 17.2 Å². The summed E-state index contributed by atoms with van der Waals surface area (Å²) in [5.41, 5.74) is 2.05. The molecule has 2 atom stereocenters. The van der Waals surface area contributed by atoms with Crippen molar-refractivity contribution in [1.82, 2.24) is 40.1 Å². The number of aromatic amines is 1. The fraction of sp³-hybridized carbons (Fsp3) is 0.217. The van der Waals surface area contributed by atoms with Gasteiger partial charge in [0.05, 0.1) is 33.7 Å². The average molecular weight is 529 g/mol. The van der Waals surface area contributed by atoms with Gasteiger partial charge in [-0.25, -0.2) is 14.4 Å². The second kappa shape index (κ2) is 8.75. The molecule has 36 heavy (non-hydrogen) atoms. The van der Waals surface area contributed by atoms with E-state index in [0.29, 0.717) is 47.6 Å². The van der Waals surface area contributed by atoms with Crippen LogP contribution in [0.5, 0.6) is 0 Å². The minimum absolute atomic E-state index is 0.0591. The summed E-state index contributed by atoms with van der Waals surface area (Å²) in [6.45, 7) is 0. The van der Waals surface area contributed by atoms with E-state index in [1.165, 1.54) is 35.4 Å². The lowest BCUT2D eigenvalue weighted by atomic mass is 9.92. The van der Waals surface area contributed by atoms with Crippen molar-refractivity contribution in [2.45, 2.75) is 31.3 Å². The van der Waals surface area contributed by atoms with Gasteiger partial charge in [0.25, 0.3) is 0 Å². The number of nitrogens with one attached hydrogen (secondary N) is 1. The van der Waals surface area contributed by atoms with Crippen LogP contribution in [0.4, 0.5) is 8.78 Å². The molecule has 0 spiro atoms. The molecule has 1 fully saturated rings. The highest BCUT2D eigenvalue weighted by Crippen LogP contribution is 2.44. The first kappa shape index (κ1) is 22.7. The minimum Gasteiger partial charge on any atom is -0.340 e. The molecule has 3 aromatic heterocycles. The second-order valence-corrected chi connectivity index (χ2v) is 9.36. The number of benzene rings is 1. The van der Waals surface area contributed by atoms with Gasteiger partial charge < -0.3 is 9.88 Å². The zero-order chi connectivity index (χ0) is 25.0. The topological polar surface area (TPSA) is 105 Å². The van der Waals surface area contributed by atoms with Gasteiger partial charge in [-0.2, -0.15) is 9.07 Å². The molecule has 9 nitrogen and oxygen atoms in total. The van der Waals surface area contributed by atoms with Crippen LogP contribution in [0.25, 0.3) is 22.5 Å². The van der Waals surface area contributed by atoms with E-state index in [1.807, 2.05) is 0 Å². The van der Waals surface area contributed by atoms with Gasteiger partial charge in [0.1, 0.15) is 12.2 Å². The van der Waals surface area contributed by atoms with Crippen LogP contribution in [0.2, 0.25) is 10.0 Å². The Kier molecular flexibility index (Phi) is 5.53. The first-order valence-electron chi connectivity index (χ1n) is 11.0. The first-order chi connectivity index (χ1) is 17.4. The smallest absolute Gasteiger partial charge is 0.247 e. The Morgan fingerprint density at radius 2 is 1.94 bits per heavy atom. The van der Waals surface area contributed by atoms with Gasteiger partial charge in [-0.3, -0.25) is 4.79 Å². The van der Waals surface area contributed by atoms with Crippen LogP contribution in [0.15, 0.2) is 43.0 Å². The highest BCUT2D eigenvalue weighted by molar-refractivity contribution is 6.33. The monoisotopic (exact) mass is 528 g/mol. The molecule has 6 rings (SSSR count). The largest absolute Gasteiger partial charge is 0.340 e. The molecular formula is C23H16Cl2F2N8O. The summed E-state index contributed by atoms with van der Waals surface area (Å²) in [6.07, 6.45) is 7.33. The standard InChI is InChI=1S/C23H16Cl2F2N8O/c24-14-2-4-17(34-10-30-32-33-34)21(22(14)27)11-5-12-1-3-18(35(12)20(36)6-11)23-29-9-16(31-23)13-7-19(26)28-8-15(13)25/h2,4,6-10,12,18H,1,3,5H2,(H,29,31)/t12-,18+/m1/s1. The lowest BCUT2D eigenvalue weighted by molar-refractivity contribution is -0.129. The Balaban J connectivity index is 1.34. The van der Waals surface area contributed by atoms with E-state index in [0.717, 1.165) is 0 Å². The molecule has 1 N–H and O–H groups in total. The molecular weight excluding hydrogens is 513 g/mol. The number of halogens is 4. The van der Waals surface area contributed by atoms with E-state index in [9.17, 15) is 9.18 Å². The number of nitrogens with zero attached hydrogens (tertiary/aromatic N) is 7. The molecule has 182 valence electrons. The van der Waals surface area contributed by atoms with Crippen LogP contribution in [-0.4, -0.2) is 52.0 Å². The first-order valence-corrected chi connectivity index (χ1v) is 11.8. The van der Waals surface area contributed by atoms with E-state index in [2.05, 4.69) is 30.5 Å². The number of rotatable bonds is 4. The molecule has 4 aromatic rings. The van der Waals surface area contributed by atoms with Crippen molar-refractivity contribution in [2.75, 3.05) is 0 Å². The lowest BCUT2D eigenvalue weighted by Crippen LogP contribution is -2.39. The van der Waals surface area contributed by atoms with Crippen molar-refractivity contribution in [3.8, 4) is 16.9 Å². The maximum Gasteiger partial charge on any atom is 0.247 e. The Labute approximate surface area is 212 Å². The van der Waals surface area contributed by atoms with Crippen LogP contribution in [0.3, 0.4) is 0 Å². The summed E-state index contributed by atoms with van der Waals surface area (Å²) in [4.78, 5) is 26.2. The van der Waals surface area contributed by atoms with Crippen LogP contribution in [0, 0.1) is 11.8 Å². The third kappa shape index (κ3) is 3.75. The number of pyridine rings is 1. The summed E-state index contributed by atoms with van der Waals surface area (Å²) in [5, 5.41) is 11.3. The number of hydrogen-bond donors (Lipinski definition) is 1. The molecule has 0 unspecified atom stereocenters. The third-order valence-electron chi connectivity index (χ3n) is 6.52. The van der Waals surface area contributed by atoms with Gasteiger partial charge in [0.2, 0.25) is 11.9 Å². The lowest BCUT2D eigenvalue weighted by Gasteiger charge is -2.33. The zero-order valence-electron chi connectivity index (χ0n) is 18.4. The molecule has 1 saturated heterocycles. The predicted octanol–water partition coefficient (Wildman–Crippen LogP) is 4.55. The van der Waals surface area contributed by atoms with Crippen LogP contribution >= 0.6 is 23.2 Å². The summed E-state index contributed by atoms with van der Waals surface area (Å²) in [6, 6.07) is 3.78. The molecule has 0 bridgehead atoms. The summed E-state index contributed by atoms with van der Waals surface area (Å²) >= 11 is 12.3. The average Bonchev–Trinajstić information content (AvgIpc) is 3.62. The van der Waals surface area contributed by atoms with Gasteiger partial charge in [-0.1, -0.05) is 23.2 Å². The number of carbonyl (C=O) groups excluding carboxylic acids is 1. The van der Waals surface area contributed by atoms with Crippen LogP contribution in [0.1, 0.15) is 36.7 Å². The quantitative estimate of drug-likeness (QED) is 0.389. The predicted molar refractivity (Wildman–Crippen MR) is 126 cm³/mol. The Bertz CT molecular complexity index is 1520. The van der Waals surface area contributed by atoms with Gasteiger partial charge in [-0.05, 0) is 47.4 Å². The van der Waals surface area contributed by atoms with Crippen molar-refractivity contribution in [3.63, 3.8) is 0 Å². The number of aromatic nitrogens is 7. The fourth-order valence-corrected chi connectivity index (χ4v) is 5.33. The highest BCUT2D eigenvalue weighted by atomic mass is 35.5. The molecule has 1 aromatic carbocycles. The van der Waals surface area contributed by atoms with E-state index in [-0.39, 0.29) is 33.6 Å². The molecule has 1 amide bonds.